The molecule has 1 atom stereocenters. The number of rotatable bonds is 4. The van der Waals surface area contributed by atoms with Crippen molar-refractivity contribution in [1.29, 1.82) is 0 Å². The van der Waals surface area contributed by atoms with Gasteiger partial charge in [0.05, 0.1) is 10.7 Å². The van der Waals surface area contributed by atoms with Gasteiger partial charge >= 0.3 is 5.97 Å². The second-order valence-electron chi connectivity index (χ2n) is 3.47. The molecule has 0 spiro atoms. The zero-order valence-corrected chi connectivity index (χ0v) is 10.6. The van der Waals surface area contributed by atoms with Gasteiger partial charge in [0, 0.05) is 12.1 Å². The number of likely N-dealkylation sites (N-methyl/N-ethyl adjacent to an activating group) is 1. The second-order valence-corrected chi connectivity index (χ2v) is 4.31. The van der Waals surface area contributed by atoms with Crippen LogP contribution in [0.2, 0.25) is 10.0 Å². The van der Waals surface area contributed by atoms with E-state index in [2.05, 4.69) is 0 Å². The Labute approximate surface area is 105 Å². The van der Waals surface area contributed by atoms with E-state index in [1.165, 1.54) is 0 Å². The third kappa shape index (κ3) is 2.80. The lowest BCUT2D eigenvalue weighted by Gasteiger charge is -2.26. The van der Waals surface area contributed by atoms with Gasteiger partial charge in [-0.2, -0.15) is 0 Å². The molecule has 16 heavy (non-hydrogen) atoms. The lowest BCUT2D eigenvalue weighted by atomic mass is 10.2. The van der Waals surface area contributed by atoms with Crippen LogP contribution in [0.3, 0.4) is 0 Å². The summed E-state index contributed by atoms with van der Waals surface area (Å²) in [5.74, 6) is -0.865. The van der Waals surface area contributed by atoms with Crippen LogP contribution >= 0.6 is 23.2 Å². The molecule has 1 N–H and O–H groups in total. The van der Waals surface area contributed by atoms with Crippen molar-refractivity contribution < 1.29 is 9.90 Å². The Morgan fingerprint density at radius 2 is 2.12 bits per heavy atom. The van der Waals surface area contributed by atoms with Crippen molar-refractivity contribution in [2.24, 2.45) is 0 Å². The molecule has 0 aromatic heterocycles. The maximum atomic E-state index is 11.0. The Hall–Kier alpha value is -0.930. The lowest BCUT2D eigenvalue weighted by Crippen LogP contribution is -2.38. The van der Waals surface area contributed by atoms with E-state index in [-0.39, 0.29) is 0 Å². The molecule has 0 radical (unpaired) electrons. The van der Waals surface area contributed by atoms with Gasteiger partial charge in [-0.25, -0.2) is 4.79 Å². The number of hydrogen-bond donors (Lipinski definition) is 1. The molecule has 88 valence electrons. The molecule has 0 fully saturated rings. The fourth-order valence-electron chi connectivity index (χ4n) is 1.55. The first-order chi connectivity index (χ1) is 7.47. The molecule has 5 heteroatoms. The molecule has 0 aliphatic rings. The maximum Gasteiger partial charge on any atom is 0.326 e. The summed E-state index contributed by atoms with van der Waals surface area (Å²) >= 11 is 11.8. The van der Waals surface area contributed by atoms with Gasteiger partial charge in [0.15, 0.2) is 0 Å². The smallest absolute Gasteiger partial charge is 0.326 e. The van der Waals surface area contributed by atoms with Crippen LogP contribution in [0.4, 0.5) is 5.69 Å². The van der Waals surface area contributed by atoms with Gasteiger partial charge in [0.25, 0.3) is 0 Å². The molecule has 0 bridgehead atoms. The van der Waals surface area contributed by atoms with E-state index in [9.17, 15) is 4.79 Å². The van der Waals surface area contributed by atoms with Crippen molar-refractivity contribution in [3.8, 4) is 0 Å². The van der Waals surface area contributed by atoms with Crippen LogP contribution in [0.15, 0.2) is 18.2 Å². The van der Waals surface area contributed by atoms with Gasteiger partial charge in [0.1, 0.15) is 6.04 Å². The number of anilines is 1. The van der Waals surface area contributed by atoms with Gasteiger partial charge in [-0.05, 0) is 24.6 Å². The summed E-state index contributed by atoms with van der Waals surface area (Å²) in [6.07, 6.45) is 0.505. The number of carbonyl (C=O) groups is 1. The van der Waals surface area contributed by atoms with Crippen LogP contribution in [0.25, 0.3) is 0 Å². The standard InChI is InChI=1S/C11H13Cl2NO2/c1-3-9(11(15)16)14(2)10-5-4-7(12)6-8(10)13/h4-6,9H,3H2,1-2H3,(H,15,16)/t9-/m1/s1. The van der Waals surface area contributed by atoms with Crippen molar-refractivity contribution in [2.75, 3.05) is 11.9 Å². The summed E-state index contributed by atoms with van der Waals surface area (Å²) in [6.45, 7) is 1.82. The van der Waals surface area contributed by atoms with E-state index in [0.717, 1.165) is 0 Å². The van der Waals surface area contributed by atoms with E-state index >= 15 is 0 Å². The Kier molecular flexibility index (Phi) is 4.44. The molecule has 0 aliphatic heterocycles. The highest BCUT2D eigenvalue weighted by atomic mass is 35.5. The Morgan fingerprint density at radius 1 is 1.50 bits per heavy atom. The van der Waals surface area contributed by atoms with E-state index < -0.39 is 12.0 Å². The molecule has 0 saturated carbocycles. The number of hydrogen-bond acceptors (Lipinski definition) is 2. The minimum absolute atomic E-state index is 0.453. The molecule has 0 aliphatic carbocycles. The fourth-order valence-corrected chi connectivity index (χ4v) is 2.09. The van der Waals surface area contributed by atoms with Crippen LogP contribution in [0.1, 0.15) is 13.3 Å². The third-order valence-corrected chi connectivity index (χ3v) is 2.97. The molecule has 0 unspecified atom stereocenters. The average molecular weight is 262 g/mol. The van der Waals surface area contributed by atoms with Crippen molar-refractivity contribution in [2.45, 2.75) is 19.4 Å². The number of carboxylic acids is 1. The van der Waals surface area contributed by atoms with Gasteiger partial charge in [-0.15, -0.1) is 0 Å². The highest BCUT2D eigenvalue weighted by molar-refractivity contribution is 6.36. The van der Waals surface area contributed by atoms with Gasteiger partial charge < -0.3 is 10.0 Å². The minimum atomic E-state index is -0.865. The molecule has 1 aromatic rings. The lowest BCUT2D eigenvalue weighted by molar-refractivity contribution is -0.138. The molecule has 1 aromatic carbocycles. The summed E-state index contributed by atoms with van der Waals surface area (Å²) in [5, 5.41) is 10.0. The molecular formula is C11H13Cl2NO2. The predicted molar refractivity (Wildman–Crippen MR) is 66.6 cm³/mol. The van der Waals surface area contributed by atoms with Crippen LogP contribution in [-0.2, 0) is 4.79 Å². The van der Waals surface area contributed by atoms with Crippen LogP contribution in [0, 0.1) is 0 Å². The molecule has 0 amide bonds. The minimum Gasteiger partial charge on any atom is -0.480 e. The molecule has 0 saturated heterocycles. The van der Waals surface area contributed by atoms with E-state index in [1.807, 2.05) is 6.92 Å². The normalized spacial score (nSPS) is 12.2. The zero-order valence-electron chi connectivity index (χ0n) is 9.08. The van der Waals surface area contributed by atoms with Crippen LogP contribution in [0.5, 0.6) is 0 Å². The first-order valence-corrected chi connectivity index (χ1v) is 5.63. The second kappa shape index (κ2) is 5.41. The van der Waals surface area contributed by atoms with Crippen LogP contribution in [-0.4, -0.2) is 24.2 Å². The maximum absolute atomic E-state index is 11.0. The molecule has 0 heterocycles. The highest BCUT2D eigenvalue weighted by Gasteiger charge is 2.22. The number of benzene rings is 1. The number of aliphatic carboxylic acids is 1. The fraction of sp³-hybridized carbons (Fsp3) is 0.364. The van der Waals surface area contributed by atoms with Crippen molar-refractivity contribution in [1.82, 2.24) is 0 Å². The molecule has 1 rings (SSSR count). The topological polar surface area (TPSA) is 40.5 Å². The first kappa shape index (κ1) is 13.1. The first-order valence-electron chi connectivity index (χ1n) is 4.88. The van der Waals surface area contributed by atoms with Crippen molar-refractivity contribution in [3.05, 3.63) is 28.2 Å². The number of carboxylic acid groups (broad SMARTS) is 1. The Bertz CT molecular complexity index is 396. The van der Waals surface area contributed by atoms with E-state index in [0.29, 0.717) is 22.2 Å². The van der Waals surface area contributed by atoms with E-state index in [1.54, 1.807) is 30.1 Å². The summed E-state index contributed by atoms with van der Waals surface area (Å²) in [5.41, 5.74) is 0.667. The van der Waals surface area contributed by atoms with Gasteiger partial charge in [-0.3, -0.25) is 0 Å². The quantitative estimate of drug-likeness (QED) is 0.905. The monoisotopic (exact) mass is 261 g/mol. The SMILES string of the molecule is CC[C@H](C(=O)O)N(C)c1ccc(Cl)cc1Cl. The summed E-state index contributed by atoms with van der Waals surface area (Å²) < 4.78 is 0. The number of nitrogens with zero attached hydrogens (tertiary/aromatic N) is 1. The highest BCUT2D eigenvalue weighted by Crippen LogP contribution is 2.29. The van der Waals surface area contributed by atoms with Crippen molar-refractivity contribution in [3.63, 3.8) is 0 Å². The Balaban J connectivity index is 3.03. The van der Waals surface area contributed by atoms with Gasteiger partial charge in [0.2, 0.25) is 0 Å². The molecular weight excluding hydrogens is 249 g/mol. The van der Waals surface area contributed by atoms with Crippen molar-refractivity contribution >= 4 is 34.9 Å². The Morgan fingerprint density at radius 3 is 2.56 bits per heavy atom. The summed E-state index contributed by atoms with van der Waals surface area (Å²) in [6, 6.07) is 4.42. The predicted octanol–water partition coefficient (Wildman–Crippen LogP) is 3.29. The van der Waals surface area contributed by atoms with Gasteiger partial charge in [-0.1, -0.05) is 30.1 Å². The van der Waals surface area contributed by atoms with E-state index in [4.69, 9.17) is 28.3 Å². The summed E-state index contributed by atoms with van der Waals surface area (Å²) in [7, 11) is 1.71. The summed E-state index contributed by atoms with van der Waals surface area (Å²) in [4.78, 5) is 12.7. The van der Waals surface area contributed by atoms with Crippen LogP contribution < -0.4 is 4.90 Å². The largest absolute Gasteiger partial charge is 0.480 e. The third-order valence-electron chi connectivity index (χ3n) is 2.43. The molecule has 3 nitrogen and oxygen atoms in total. The number of halogens is 2. The zero-order chi connectivity index (χ0) is 12.3. The average Bonchev–Trinajstić information content (AvgIpc) is 2.17.